The van der Waals surface area contributed by atoms with Crippen LogP contribution in [0.3, 0.4) is 0 Å². The number of thioether (sulfide) groups is 1. The number of benzene rings is 3. The molecule has 1 aliphatic rings. The normalized spacial score (nSPS) is 13.5. The second-order valence-corrected chi connectivity index (χ2v) is 19.2. The SMILES string of the molecule is C=C1C=C(C(C)(C)C)N=C(SCC(=O)Nc2ccccc2)N1.CC(C)(C)CCN(CCO)c1nc2ccccc2[nH]1.C[C@@H](CNc1ncnc2c(N)cccc12)C(C)(C)C. The topological polar surface area (TPSA) is 169 Å². The van der Waals surface area contributed by atoms with E-state index in [2.05, 4.69) is 122 Å². The van der Waals surface area contributed by atoms with Crippen molar-refractivity contribution in [1.82, 2.24) is 25.3 Å². The third kappa shape index (κ3) is 15.0. The molecule has 0 spiro atoms. The van der Waals surface area contributed by atoms with Crippen LogP contribution in [-0.4, -0.2) is 68.1 Å². The number of aliphatic imine (C=N–C) groups is 1. The Balaban J connectivity index is 0.000000199. The number of para-hydroxylation sites is 4. The number of nitrogens with two attached hydrogens (primary N) is 1. The lowest BCUT2D eigenvalue weighted by molar-refractivity contribution is -0.113. The number of aliphatic hydroxyl groups is 1. The Morgan fingerprint density at radius 2 is 1.63 bits per heavy atom. The standard InChI is InChI=1S/C17H21N3OS.C15H22N4.C15H23N3O/c1-12-10-14(17(2,3)4)20-16(18-12)22-11-15(21)19-13-8-6-5-7-9-13;1-10(15(2,3)4)8-17-14-11-6-5-7-12(16)13(11)18-9-19-14;1-15(2,3)8-9-18(10-11-19)14-16-12-6-4-5-7-13(12)17-14/h5-10H,1,11H2,2-4H3,(H,18,20)(H,19,21);5-7,9-10H,8,16H2,1-4H3,(H,17,18,19);4-7,19H,8-11H2,1-3H3,(H,16,17)/t;10-;/m.0./s1. The number of aromatic amines is 1. The van der Waals surface area contributed by atoms with Gasteiger partial charge in [0.15, 0.2) is 5.17 Å². The highest BCUT2D eigenvalue weighted by molar-refractivity contribution is 8.14. The number of carbonyl (C=O) groups is 1. The first-order valence-electron chi connectivity index (χ1n) is 20.5. The van der Waals surface area contributed by atoms with Crippen LogP contribution in [0.2, 0.25) is 0 Å². The number of aliphatic hydroxyl groups excluding tert-OH is 1. The lowest BCUT2D eigenvalue weighted by atomic mass is 9.82. The van der Waals surface area contributed by atoms with E-state index in [-0.39, 0.29) is 28.8 Å². The molecule has 5 aromatic rings. The van der Waals surface area contributed by atoms with Crippen molar-refractivity contribution >= 4 is 67.9 Å². The molecule has 6 rings (SSSR count). The van der Waals surface area contributed by atoms with Crippen molar-refractivity contribution in [3.63, 3.8) is 0 Å². The molecule has 0 saturated carbocycles. The fourth-order valence-corrected chi connectivity index (χ4v) is 6.33. The summed E-state index contributed by atoms with van der Waals surface area (Å²) >= 11 is 1.37. The Labute approximate surface area is 361 Å². The van der Waals surface area contributed by atoms with Crippen molar-refractivity contribution in [2.75, 3.05) is 53.3 Å². The molecule has 0 aliphatic carbocycles. The van der Waals surface area contributed by atoms with Gasteiger partial charge in [-0.15, -0.1) is 0 Å². The maximum Gasteiger partial charge on any atom is 0.234 e. The maximum atomic E-state index is 12.0. The van der Waals surface area contributed by atoms with Gasteiger partial charge < -0.3 is 36.7 Å². The van der Waals surface area contributed by atoms with E-state index in [0.29, 0.717) is 29.1 Å². The molecule has 322 valence electrons. The first-order chi connectivity index (χ1) is 28.2. The zero-order valence-corrected chi connectivity index (χ0v) is 38.0. The third-order valence-corrected chi connectivity index (χ3v) is 10.8. The number of hydrogen-bond donors (Lipinski definition) is 6. The Bertz CT molecular complexity index is 2200. The number of imidazole rings is 1. The van der Waals surface area contributed by atoms with E-state index in [1.165, 1.54) is 11.8 Å². The summed E-state index contributed by atoms with van der Waals surface area (Å²) in [4.78, 5) is 35.1. The predicted molar refractivity (Wildman–Crippen MR) is 255 cm³/mol. The molecular weight excluding hydrogens is 769 g/mol. The van der Waals surface area contributed by atoms with Crippen LogP contribution in [0.1, 0.15) is 75.7 Å². The predicted octanol–water partition coefficient (Wildman–Crippen LogP) is 9.87. The highest BCUT2D eigenvalue weighted by atomic mass is 32.2. The summed E-state index contributed by atoms with van der Waals surface area (Å²) in [6.07, 6.45) is 4.56. The molecule has 0 fully saturated rings. The van der Waals surface area contributed by atoms with Crippen LogP contribution in [-0.2, 0) is 4.79 Å². The van der Waals surface area contributed by atoms with Crippen molar-refractivity contribution < 1.29 is 9.90 Å². The summed E-state index contributed by atoms with van der Waals surface area (Å²) in [6, 6.07) is 23.2. The molecule has 0 bridgehead atoms. The largest absolute Gasteiger partial charge is 0.397 e. The quantitative estimate of drug-likeness (QED) is 0.0705. The number of nitrogens with one attached hydrogen (secondary N) is 4. The fourth-order valence-electron chi connectivity index (χ4n) is 5.62. The van der Waals surface area contributed by atoms with E-state index in [1.54, 1.807) is 6.33 Å². The van der Waals surface area contributed by atoms with E-state index in [0.717, 1.165) is 70.3 Å². The fraction of sp³-hybridized carbons (Fsp3) is 0.426. The zero-order chi connectivity index (χ0) is 44.1. The molecule has 1 amide bonds. The van der Waals surface area contributed by atoms with Gasteiger partial charge in [0.05, 0.1) is 40.3 Å². The van der Waals surface area contributed by atoms with Gasteiger partial charge in [-0.3, -0.25) is 4.79 Å². The lowest BCUT2D eigenvalue weighted by Gasteiger charge is -2.27. The number of hydrogen-bond acceptors (Lipinski definition) is 11. The number of carbonyl (C=O) groups excluding carboxylic acids is 1. The molecule has 1 atom stereocenters. The van der Waals surface area contributed by atoms with Gasteiger partial charge in [0, 0.05) is 41.8 Å². The molecule has 0 saturated heterocycles. The van der Waals surface area contributed by atoms with E-state index in [1.807, 2.05) is 78.9 Å². The molecule has 0 unspecified atom stereocenters. The molecule has 60 heavy (non-hydrogen) atoms. The Hall–Kier alpha value is -5.40. The molecule has 0 radical (unpaired) electrons. The van der Waals surface area contributed by atoms with Crippen LogP contribution in [0.5, 0.6) is 0 Å². The number of fused-ring (bicyclic) bond motifs is 2. The van der Waals surface area contributed by atoms with Gasteiger partial charge >= 0.3 is 0 Å². The minimum atomic E-state index is -0.0572. The van der Waals surface area contributed by atoms with E-state index < -0.39 is 0 Å². The van der Waals surface area contributed by atoms with E-state index in [9.17, 15) is 9.90 Å². The number of anilines is 4. The van der Waals surface area contributed by atoms with Crippen LogP contribution in [0.4, 0.5) is 23.1 Å². The molecule has 2 aromatic heterocycles. The average Bonchev–Trinajstić information content (AvgIpc) is 3.62. The Morgan fingerprint density at radius 3 is 2.28 bits per heavy atom. The highest BCUT2D eigenvalue weighted by Crippen LogP contribution is 2.31. The number of H-pyrrole nitrogens is 1. The van der Waals surface area contributed by atoms with Gasteiger partial charge in [-0.1, -0.05) is 124 Å². The van der Waals surface area contributed by atoms with Crippen LogP contribution in [0.25, 0.3) is 21.9 Å². The van der Waals surface area contributed by atoms with Gasteiger partial charge in [-0.05, 0) is 65.6 Å². The number of nitrogens with zero attached hydrogens (tertiary/aromatic N) is 5. The summed E-state index contributed by atoms with van der Waals surface area (Å²) < 4.78 is 0. The molecule has 12 nitrogen and oxygen atoms in total. The van der Waals surface area contributed by atoms with Crippen LogP contribution >= 0.6 is 11.8 Å². The van der Waals surface area contributed by atoms with Crippen molar-refractivity contribution in [1.29, 1.82) is 0 Å². The van der Waals surface area contributed by atoms with E-state index >= 15 is 0 Å². The summed E-state index contributed by atoms with van der Waals surface area (Å²) in [6.45, 7) is 28.4. The summed E-state index contributed by atoms with van der Waals surface area (Å²) in [7, 11) is 0. The Kier molecular flexibility index (Phi) is 16.7. The van der Waals surface area contributed by atoms with Gasteiger partial charge in [-0.2, -0.15) is 0 Å². The molecule has 3 heterocycles. The summed E-state index contributed by atoms with van der Waals surface area (Å²) in [5.41, 5.74) is 12.5. The number of rotatable bonds is 11. The van der Waals surface area contributed by atoms with Crippen molar-refractivity contribution in [2.45, 2.75) is 75.7 Å². The van der Waals surface area contributed by atoms with Crippen LogP contribution < -0.4 is 26.6 Å². The van der Waals surface area contributed by atoms with Gasteiger partial charge in [0.1, 0.15) is 12.1 Å². The van der Waals surface area contributed by atoms with Crippen molar-refractivity contribution in [3.8, 4) is 0 Å². The van der Waals surface area contributed by atoms with Gasteiger partial charge in [-0.25, -0.2) is 19.9 Å². The zero-order valence-electron chi connectivity index (χ0n) is 37.2. The lowest BCUT2D eigenvalue weighted by Crippen LogP contribution is -2.31. The minimum absolute atomic E-state index is 0.0524. The van der Waals surface area contributed by atoms with Crippen LogP contribution in [0.15, 0.2) is 108 Å². The summed E-state index contributed by atoms with van der Waals surface area (Å²) in [5.74, 6) is 2.48. The number of amidine groups is 1. The summed E-state index contributed by atoms with van der Waals surface area (Å²) in [5, 5.41) is 20.3. The van der Waals surface area contributed by atoms with Crippen LogP contribution in [0, 0.1) is 22.2 Å². The number of allylic oxidation sites excluding steroid dienone is 2. The third-order valence-electron chi connectivity index (χ3n) is 9.89. The van der Waals surface area contributed by atoms with Crippen molar-refractivity contribution in [3.05, 3.63) is 103 Å². The van der Waals surface area contributed by atoms with Gasteiger partial charge in [0.2, 0.25) is 11.9 Å². The maximum absolute atomic E-state index is 12.0. The molecule has 3 aromatic carbocycles. The number of aromatic nitrogens is 4. The van der Waals surface area contributed by atoms with Gasteiger partial charge in [0.25, 0.3) is 0 Å². The second kappa shape index (κ2) is 21.2. The first-order valence-corrected chi connectivity index (χ1v) is 21.5. The molecule has 1 aliphatic heterocycles. The molecular formula is C47H66N10O2S. The highest BCUT2D eigenvalue weighted by Gasteiger charge is 2.22. The number of amides is 1. The smallest absolute Gasteiger partial charge is 0.234 e. The molecule has 7 N–H and O–H groups in total. The minimum Gasteiger partial charge on any atom is -0.397 e. The monoisotopic (exact) mass is 835 g/mol. The molecule has 13 heteroatoms. The number of nitrogen functional groups attached to an aromatic ring is 1. The second-order valence-electron chi connectivity index (χ2n) is 18.3. The van der Waals surface area contributed by atoms with Crippen molar-refractivity contribution in [2.24, 2.45) is 27.2 Å². The van der Waals surface area contributed by atoms with E-state index in [4.69, 9.17) is 5.73 Å². The Morgan fingerprint density at radius 1 is 0.933 bits per heavy atom. The average molecular weight is 835 g/mol. The first kappa shape index (κ1) is 47.3.